The molecule has 0 bridgehead atoms. The molecule has 0 amide bonds. The molecule has 0 radical (unpaired) electrons. The van der Waals surface area contributed by atoms with Gasteiger partial charge in [-0.3, -0.25) is 0 Å². The van der Waals surface area contributed by atoms with Crippen LogP contribution < -0.4 is 10.4 Å². The molecule has 4 heteroatoms. The molecule has 2 atom stereocenters. The molecule has 0 spiro atoms. The standard InChI is InChI=1S/C26H36O3Si/c1-6-18-26(5)20-23(27)24(29-26)17-19-28-30(25(2,3)4,21-13-9-7-10-14-21)22-15-11-8-12-16-22/h7-16,20,24,27H,6,17-19H2,1-5H3/t24-,26+/m0/s1. The van der Waals surface area contributed by atoms with Gasteiger partial charge in [0.1, 0.15) is 11.9 Å². The number of rotatable bonds is 8. The lowest BCUT2D eigenvalue weighted by atomic mass is 10.0. The van der Waals surface area contributed by atoms with Crippen molar-refractivity contribution in [1.29, 1.82) is 0 Å². The fourth-order valence-corrected chi connectivity index (χ4v) is 9.32. The first-order valence-corrected chi connectivity index (χ1v) is 13.0. The first kappa shape index (κ1) is 22.8. The summed E-state index contributed by atoms with van der Waals surface area (Å²) in [5.41, 5.74) is -0.374. The van der Waals surface area contributed by atoms with Gasteiger partial charge in [-0.25, -0.2) is 0 Å². The van der Waals surface area contributed by atoms with E-state index in [1.165, 1.54) is 10.4 Å². The van der Waals surface area contributed by atoms with Crippen LogP contribution in [0.25, 0.3) is 0 Å². The van der Waals surface area contributed by atoms with Crippen molar-refractivity contribution < 1.29 is 14.3 Å². The van der Waals surface area contributed by atoms with Crippen LogP contribution in [0.3, 0.4) is 0 Å². The normalized spacial score (nSPS) is 22.2. The minimum absolute atomic E-state index is 0.0547. The lowest BCUT2D eigenvalue weighted by molar-refractivity contribution is -0.0359. The molecule has 30 heavy (non-hydrogen) atoms. The third-order valence-electron chi connectivity index (χ3n) is 6.06. The van der Waals surface area contributed by atoms with Crippen LogP contribution in [0.15, 0.2) is 72.5 Å². The summed E-state index contributed by atoms with van der Waals surface area (Å²) in [5.74, 6) is 0.344. The van der Waals surface area contributed by atoms with Crippen molar-refractivity contribution in [3.8, 4) is 0 Å². The van der Waals surface area contributed by atoms with E-state index in [4.69, 9.17) is 9.16 Å². The van der Waals surface area contributed by atoms with Gasteiger partial charge >= 0.3 is 0 Å². The predicted octanol–water partition coefficient (Wildman–Crippen LogP) is 5.35. The molecular weight excluding hydrogens is 388 g/mol. The van der Waals surface area contributed by atoms with E-state index >= 15 is 0 Å². The highest BCUT2D eigenvalue weighted by atomic mass is 28.4. The van der Waals surface area contributed by atoms with E-state index in [1.54, 1.807) is 0 Å². The number of aliphatic hydroxyl groups excluding tert-OH is 1. The zero-order chi connectivity index (χ0) is 21.8. The highest BCUT2D eigenvalue weighted by Crippen LogP contribution is 2.38. The molecule has 0 unspecified atom stereocenters. The highest BCUT2D eigenvalue weighted by molar-refractivity contribution is 6.99. The number of hydrogen-bond donors (Lipinski definition) is 1. The maximum absolute atomic E-state index is 10.5. The molecule has 2 aromatic carbocycles. The second kappa shape index (κ2) is 9.09. The topological polar surface area (TPSA) is 38.7 Å². The lowest BCUT2D eigenvalue weighted by Crippen LogP contribution is -2.66. The van der Waals surface area contributed by atoms with Gasteiger partial charge in [0.15, 0.2) is 0 Å². The third kappa shape index (κ3) is 4.56. The second-order valence-corrected chi connectivity index (χ2v) is 13.8. The Labute approximate surface area is 182 Å². The van der Waals surface area contributed by atoms with Crippen molar-refractivity contribution in [2.24, 2.45) is 0 Å². The van der Waals surface area contributed by atoms with Crippen LogP contribution in [0.5, 0.6) is 0 Å². The maximum Gasteiger partial charge on any atom is 0.261 e. The molecule has 1 aliphatic rings. The van der Waals surface area contributed by atoms with Crippen molar-refractivity contribution in [3.05, 3.63) is 72.5 Å². The molecule has 0 fully saturated rings. The fourth-order valence-electron chi connectivity index (χ4n) is 4.74. The summed E-state index contributed by atoms with van der Waals surface area (Å²) >= 11 is 0. The number of aliphatic hydroxyl groups is 1. The van der Waals surface area contributed by atoms with Crippen molar-refractivity contribution >= 4 is 18.7 Å². The van der Waals surface area contributed by atoms with Gasteiger partial charge < -0.3 is 14.3 Å². The van der Waals surface area contributed by atoms with Crippen molar-refractivity contribution in [1.82, 2.24) is 0 Å². The number of ether oxygens (including phenoxy) is 1. The van der Waals surface area contributed by atoms with Gasteiger partial charge in [0.2, 0.25) is 0 Å². The summed E-state index contributed by atoms with van der Waals surface area (Å²) < 4.78 is 13.1. The van der Waals surface area contributed by atoms with Crippen LogP contribution >= 0.6 is 0 Å². The largest absolute Gasteiger partial charge is 0.510 e. The Balaban J connectivity index is 1.87. The van der Waals surface area contributed by atoms with Crippen LogP contribution in [0.1, 0.15) is 53.9 Å². The van der Waals surface area contributed by atoms with E-state index in [0.29, 0.717) is 18.8 Å². The zero-order valence-corrected chi connectivity index (χ0v) is 20.0. The first-order valence-electron chi connectivity index (χ1n) is 11.1. The summed E-state index contributed by atoms with van der Waals surface area (Å²) in [6.07, 6.45) is 4.16. The molecule has 2 aromatic rings. The quantitative estimate of drug-likeness (QED) is 0.580. The summed E-state index contributed by atoms with van der Waals surface area (Å²) in [7, 11) is -2.55. The smallest absolute Gasteiger partial charge is 0.261 e. The van der Waals surface area contributed by atoms with Crippen molar-refractivity contribution in [3.63, 3.8) is 0 Å². The minimum Gasteiger partial charge on any atom is -0.510 e. The van der Waals surface area contributed by atoms with Crippen LogP contribution in [-0.2, 0) is 9.16 Å². The van der Waals surface area contributed by atoms with E-state index in [9.17, 15) is 5.11 Å². The van der Waals surface area contributed by atoms with Crippen LogP contribution in [0, 0.1) is 0 Å². The molecule has 0 aliphatic carbocycles. The Kier molecular flexibility index (Phi) is 6.90. The molecule has 3 nitrogen and oxygen atoms in total. The van der Waals surface area contributed by atoms with E-state index in [1.807, 2.05) is 6.08 Å². The molecule has 0 aromatic heterocycles. The molecule has 1 heterocycles. The van der Waals surface area contributed by atoms with Crippen molar-refractivity contribution in [2.75, 3.05) is 6.61 Å². The summed E-state index contributed by atoms with van der Waals surface area (Å²) in [4.78, 5) is 0. The van der Waals surface area contributed by atoms with Gasteiger partial charge in [-0.1, -0.05) is 94.8 Å². The third-order valence-corrected chi connectivity index (χ3v) is 11.1. The van der Waals surface area contributed by atoms with Crippen molar-refractivity contribution in [2.45, 2.75) is 70.6 Å². The molecule has 1 N–H and O–H groups in total. The van der Waals surface area contributed by atoms with E-state index < -0.39 is 8.32 Å². The van der Waals surface area contributed by atoms with E-state index in [0.717, 1.165) is 12.8 Å². The zero-order valence-electron chi connectivity index (χ0n) is 19.0. The Morgan fingerprint density at radius 2 is 1.53 bits per heavy atom. The highest BCUT2D eigenvalue weighted by Gasteiger charge is 2.50. The monoisotopic (exact) mass is 424 g/mol. The van der Waals surface area contributed by atoms with Gasteiger partial charge in [-0.15, -0.1) is 0 Å². The second-order valence-electron chi connectivity index (χ2n) is 9.54. The molecule has 0 saturated carbocycles. The molecule has 1 aliphatic heterocycles. The average Bonchev–Trinajstić information content (AvgIpc) is 2.99. The fraction of sp³-hybridized carbons (Fsp3) is 0.462. The van der Waals surface area contributed by atoms with Gasteiger partial charge in [-0.05, 0) is 34.8 Å². The predicted molar refractivity (Wildman–Crippen MR) is 127 cm³/mol. The number of benzene rings is 2. The Morgan fingerprint density at radius 1 is 1.00 bits per heavy atom. The molecular formula is C26H36O3Si. The Morgan fingerprint density at radius 3 is 2.00 bits per heavy atom. The lowest BCUT2D eigenvalue weighted by Gasteiger charge is -2.43. The number of hydrogen-bond acceptors (Lipinski definition) is 3. The Hall–Kier alpha value is -1.88. The average molecular weight is 425 g/mol. The summed E-state index contributed by atoms with van der Waals surface area (Å²) in [5, 5.41) is 13.0. The van der Waals surface area contributed by atoms with Gasteiger partial charge in [0, 0.05) is 13.0 Å². The van der Waals surface area contributed by atoms with Crippen LogP contribution in [-0.4, -0.2) is 31.7 Å². The first-order chi connectivity index (χ1) is 14.2. The minimum atomic E-state index is -2.55. The molecule has 3 rings (SSSR count). The van der Waals surface area contributed by atoms with E-state index in [2.05, 4.69) is 95.3 Å². The maximum atomic E-state index is 10.5. The summed E-state index contributed by atoms with van der Waals surface area (Å²) in [6.45, 7) is 11.6. The summed E-state index contributed by atoms with van der Waals surface area (Å²) in [6, 6.07) is 21.3. The van der Waals surface area contributed by atoms with Gasteiger partial charge in [-0.2, -0.15) is 0 Å². The van der Waals surface area contributed by atoms with E-state index in [-0.39, 0.29) is 16.7 Å². The van der Waals surface area contributed by atoms with Gasteiger partial charge in [0.05, 0.1) is 5.60 Å². The van der Waals surface area contributed by atoms with Crippen LogP contribution in [0.2, 0.25) is 5.04 Å². The Bertz CT molecular complexity index is 802. The molecule has 0 saturated heterocycles. The SMILES string of the molecule is CCC[C@]1(C)C=C(O)[C@H](CCO[Si](c2ccccc2)(c2ccccc2)C(C)(C)C)O1. The molecule has 162 valence electrons. The van der Waals surface area contributed by atoms with Gasteiger partial charge in [0.25, 0.3) is 8.32 Å². The van der Waals surface area contributed by atoms with Crippen LogP contribution in [0.4, 0.5) is 0 Å².